The fraction of sp³-hybridized carbons (Fsp3) is 0.389. The summed E-state index contributed by atoms with van der Waals surface area (Å²) in [6.07, 6.45) is 6.15. The van der Waals surface area contributed by atoms with E-state index in [-0.39, 0.29) is 11.0 Å². The lowest BCUT2D eigenvalue weighted by molar-refractivity contribution is -0.744. The van der Waals surface area contributed by atoms with Gasteiger partial charge in [-0.25, -0.2) is 0 Å². The van der Waals surface area contributed by atoms with E-state index in [0.717, 1.165) is 24.1 Å². The Morgan fingerprint density at radius 3 is 2.47 bits per heavy atom. The smallest absolute Gasteiger partial charge is 0.188 e. The molecule has 1 saturated carbocycles. The summed E-state index contributed by atoms with van der Waals surface area (Å²) in [5, 5.41) is 0. The summed E-state index contributed by atoms with van der Waals surface area (Å²) in [7, 11) is 0. The third-order valence-electron chi connectivity index (χ3n) is 5.08. The van der Waals surface area contributed by atoms with Crippen molar-refractivity contribution in [3.8, 4) is 0 Å². The second-order valence-corrected chi connectivity index (χ2v) is 5.56. The van der Waals surface area contributed by atoms with Crippen LogP contribution in [-0.4, -0.2) is 0 Å². The first-order chi connectivity index (χ1) is 8.99. The molecule has 1 aromatic heterocycles. The standard InChI is InChI=1S/C18H24N/c1-7-14(4)16-12-10-11-13-19(16)18(9-3)15(5)17(18,6)8-2/h7,10-13H,1,4-5,8-9H2,2-3,6H3/q+1. The van der Waals surface area contributed by atoms with Crippen molar-refractivity contribution in [1.82, 2.24) is 0 Å². The zero-order valence-electron chi connectivity index (χ0n) is 12.4. The molecule has 1 aromatic rings. The molecule has 1 fully saturated rings. The van der Waals surface area contributed by atoms with Crippen LogP contribution < -0.4 is 4.57 Å². The van der Waals surface area contributed by atoms with Crippen LogP contribution in [0.25, 0.3) is 5.57 Å². The molecular formula is C18H24N+. The molecule has 2 unspecified atom stereocenters. The minimum atomic E-state index is 0.0320. The van der Waals surface area contributed by atoms with Crippen LogP contribution in [0.2, 0.25) is 0 Å². The number of hydrogen-bond acceptors (Lipinski definition) is 0. The molecule has 1 aliphatic rings. The van der Waals surface area contributed by atoms with Crippen LogP contribution in [0.15, 0.2) is 55.8 Å². The predicted octanol–water partition coefficient (Wildman–Crippen LogP) is 4.26. The molecule has 1 heteroatoms. The maximum atomic E-state index is 4.34. The molecule has 1 heterocycles. The van der Waals surface area contributed by atoms with Gasteiger partial charge < -0.3 is 0 Å². The van der Waals surface area contributed by atoms with Crippen LogP contribution in [0.5, 0.6) is 0 Å². The monoisotopic (exact) mass is 254 g/mol. The zero-order valence-corrected chi connectivity index (χ0v) is 12.4. The van der Waals surface area contributed by atoms with Crippen molar-refractivity contribution in [1.29, 1.82) is 0 Å². The first-order valence-electron chi connectivity index (χ1n) is 7.02. The van der Waals surface area contributed by atoms with Gasteiger partial charge in [-0.05, 0) is 19.4 Å². The summed E-state index contributed by atoms with van der Waals surface area (Å²) in [4.78, 5) is 0. The van der Waals surface area contributed by atoms with E-state index in [1.807, 2.05) is 6.08 Å². The third kappa shape index (κ3) is 1.57. The maximum Gasteiger partial charge on any atom is 0.212 e. The molecule has 0 saturated heterocycles. The van der Waals surface area contributed by atoms with Crippen LogP contribution in [0.1, 0.15) is 39.3 Å². The number of allylic oxidation sites excluding steroid dienone is 3. The van der Waals surface area contributed by atoms with E-state index >= 15 is 0 Å². The molecule has 0 radical (unpaired) electrons. The normalized spacial score (nSPS) is 29.1. The summed E-state index contributed by atoms with van der Waals surface area (Å²) >= 11 is 0. The summed E-state index contributed by atoms with van der Waals surface area (Å²) in [6, 6.07) is 6.25. The molecule has 0 aromatic carbocycles. The van der Waals surface area contributed by atoms with Gasteiger partial charge in [-0.2, -0.15) is 4.57 Å². The number of aromatic nitrogens is 1. The summed E-state index contributed by atoms with van der Waals surface area (Å²) in [6.45, 7) is 19.1. The molecule has 0 bridgehead atoms. The van der Waals surface area contributed by atoms with Gasteiger partial charge in [0.1, 0.15) is 0 Å². The Balaban J connectivity index is 2.63. The second-order valence-electron chi connectivity index (χ2n) is 5.56. The van der Waals surface area contributed by atoms with Gasteiger partial charge in [-0.1, -0.05) is 39.7 Å². The second kappa shape index (κ2) is 4.48. The van der Waals surface area contributed by atoms with Crippen molar-refractivity contribution in [3.05, 3.63) is 61.5 Å². The minimum Gasteiger partial charge on any atom is -0.188 e. The van der Waals surface area contributed by atoms with Gasteiger partial charge >= 0.3 is 0 Å². The summed E-state index contributed by atoms with van der Waals surface area (Å²) < 4.78 is 2.35. The van der Waals surface area contributed by atoms with Gasteiger partial charge in [0.05, 0.1) is 5.41 Å². The lowest BCUT2D eigenvalue weighted by Crippen LogP contribution is -2.52. The van der Waals surface area contributed by atoms with E-state index in [2.05, 4.69) is 69.5 Å². The Labute approximate surface area is 117 Å². The van der Waals surface area contributed by atoms with E-state index < -0.39 is 0 Å². The molecule has 1 nitrogen and oxygen atoms in total. The van der Waals surface area contributed by atoms with E-state index in [4.69, 9.17) is 0 Å². The molecular weight excluding hydrogens is 230 g/mol. The fourth-order valence-electron chi connectivity index (χ4n) is 3.56. The third-order valence-corrected chi connectivity index (χ3v) is 5.08. The first kappa shape index (κ1) is 13.8. The van der Waals surface area contributed by atoms with Gasteiger partial charge in [0.25, 0.3) is 0 Å². The van der Waals surface area contributed by atoms with E-state index in [1.54, 1.807) is 0 Å². The Kier molecular flexibility index (Phi) is 3.25. The fourth-order valence-corrected chi connectivity index (χ4v) is 3.56. The van der Waals surface area contributed by atoms with Crippen molar-refractivity contribution in [2.24, 2.45) is 5.41 Å². The van der Waals surface area contributed by atoms with E-state index in [0.29, 0.717) is 0 Å². The van der Waals surface area contributed by atoms with Crippen LogP contribution in [0.4, 0.5) is 0 Å². The average molecular weight is 254 g/mol. The number of rotatable bonds is 5. The quantitative estimate of drug-likeness (QED) is 0.420. The minimum absolute atomic E-state index is 0.0320. The highest BCUT2D eigenvalue weighted by Crippen LogP contribution is 2.66. The van der Waals surface area contributed by atoms with E-state index in [1.165, 1.54) is 5.57 Å². The van der Waals surface area contributed by atoms with Crippen LogP contribution in [0.3, 0.4) is 0 Å². The van der Waals surface area contributed by atoms with E-state index in [9.17, 15) is 0 Å². The molecule has 19 heavy (non-hydrogen) atoms. The lowest BCUT2D eigenvalue weighted by atomic mass is 9.95. The van der Waals surface area contributed by atoms with Crippen molar-refractivity contribution in [2.45, 2.75) is 39.2 Å². The Hall–Kier alpha value is -1.63. The number of pyridine rings is 1. The van der Waals surface area contributed by atoms with Crippen molar-refractivity contribution in [3.63, 3.8) is 0 Å². The van der Waals surface area contributed by atoms with Gasteiger partial charge in [0, 0.05) is 29.7 Å². The lowest BCUT2D eigenvalue weighted by Gasteiger charge is -2.17. The molecule has 0 N–H and O–H groups in total. The van der Waals surface area contributed by atoms with Crippen molar-refractivity contribution < 1.29 is 4.57 Å². The van der Waals surface area contributed by atoms with Gasteiger partial charge in [-0.15, -0.1) is 0 Å². The number of nitrogens with zero attached hydrogens (tertiary/aromatic N) is 1. The molecule has 0 amide bonds. The topological polar surface area (TPSA) is 3.88 Å². The largest absolute Gasteiger partial charge is 0.212 e. The Morgan fingerprint density at radius 2 is 2.00 bits per heavy atom. The predicted molar refractivity (Wildman–Crippen MR) is 81.7 cm³/mol. The van der Waals surface area contributed by atoms with Crippen LogP contribution in [-0.2, 0) is 5.54 Å². The molecule has 0 aliphatic heterocycles. The van der Waals surface area contributed by atoms with Crippen LogP contribution >= 0.6 is 0 Å². The molecule has 1 aliphatic carbocycles. The molecule has 2 rings (SSSR count). The van der Waals surface area contributed by atoms with Crippen molar-refractivity contribution >= 4 is 5.57 Å². The molecule has 2 atom stereocenters. The highest BCUT2D eigenvalue weighted by atomic mass is 15.1. The highest BCUT2D eigenvalue weighted by molar-refractivity contribution is 5.67. The number of hydrogen-bond donors (Lipinski definition) is 0. The highest BCUT2D eigenvalue weighted by Gasteiger charge is 2.74. The zero-order chi connectivity index (χ0) is 14.3. The van der Waals surface area contributed by atoms with Crippen molar-refractivity contribution in [2.75, 3.05) is 0 Å². The summed E-state index contributed by atoms with van der Waals surface area (Å²) in [5.74, 6) is 0. The Morgan fingerprint density at radius 1 is 1.32 bits per heavy atom. The summed E-state index contributed by atoms with van der Waals surface area (Å²) in [5.41, 5.74) is 3.65. The average Bonchev–Trinajstić information content (AvgIpc) is 2.95. The maximum absolute atomic E-state index is 4.34. The van der Waals surface area contributed by atoms with Gasteiger partial charge in [-0.3, -0.25) is 0 Å². The van der Waals surface area contributed by atoms with Gasteiger partial charge in [0.15, 0.2) is 11.7 Å². The SMILES string of the molecule is C=CC(=C)c1cccc[n+]1C1(CC)C(=C)C1(C)CC. The van der Waals surface area contributed by atoms with Gasteiger partial charge in [0.2, 0.25) is 5.69 Å². The molecule has 0 spiro atoms. The Bertz CT molecular complexity index is 555. The first-order valence-corrected chi connectivity index (χ1v) is 7.02. The molecule has 100 valence electrons. The van der Waals surface area contributed by atoms with Crippen LogP contribution in [0, 0.1) is 5.41 Å².